The lowest BCUT2D eigenvalue weighted by molar-refractivity contribution is 0.608. The Morgan fingerprint density at radius 3 is 2.56 bits per heavy atom. The molecule has 0 fully saturated rings. The first-order chi connectivity index (χ1) is 7.51. The number of nitrogens with zero attached hydrogens (tertiary/aromatic N) is 1. The molecule has 0 saturated carbocycles. The second kappa shape index (κ2) is 5.70. The van der Waals surface area contributed by atoms with Gasteiger partial charge < -0.3 is 10.6 Å². The zero-order valence-corrected chi connectivity index (χ0v) is 12.1. The van der Waals surface area contributed by atoms with Crippen molar-refractivity contribution in [2.45, 2.75) is 33.2 Å². The van der Waals surface area contributed by atoms with Crippen LogP contribution < -0.4 is 10.6 Å². The molecule has 0 aromatic heterocycles. The fourth-order valence-corrected chi connectivity index (χ4v) is 2.23. The lowest BCUT2D eigenvalue weighted by Gasteiger charge is -2.30. The van der Waals surface area contributed by atoms with E-state index >= 15 is 0 Å². The number of nitrogen functional groups attached to an aromatic ring is 1. The number of hydrogen-bond donors (Lipinski definition) is 1. The van der Waals surface area contributed by atoms with Crippen molar-refractivity contribution in [1.82, 2.24) is 0 Å². The number of benzene rings is 1. The third-order valence-corrected chi connectivity index (χ3v) is 3.67. The molecule has 0 spiro atoms. The molecule has 0 aliphatic heterocycles. The standard InChI is InChI=1S/C12H18FIN2/c1-4-8(3)16(5-2)12-6-9(13)10(14)7-11(12)15/h6-8H,4-5,15H2,1-3H3. The summed E-state index contributed by atoms with van der Waals surface area (Å²) in [7, 11) is 0. The van der Waals surface area contributed by atoms with Crippen LogP contribution in [0.25, 0.3) is 0 Å². The number of rotatable bonds is 4. The van der Waals surface area contributed by atoms with Crippen LogP contribution in [0.4, 0.5) is 15.8 Å². The Balaban J connectivity index is 3.15. The lowest BCUT2D eigenvalue weighted by atomic mass is 10.1. The summed E-state index contributed by atoms with van der Waals surface area (Å²) in [6, 6.07) is 3.59. The summed E-state index contributed by atoms with van der Waals surface area (Å²) >= 11 is 1.96. The van der Waals surface area contributed by atoms with E-state index in [4.69, 9.17) is 5.73 Å². The zero-order chi connectivity index (χ0) is 12.3. The van der Waals surface area contributed by atoms with E-state index in [1.807, 2.05) is 22.6 Å². The molecule has 16 heavy (non-hydrogen) atoms. The molecule has 0 aliphatic rings. The third kappa shape index (κ3) is 2.78. The van der Waals surface area contributed by atoms with E-state index < -0.39 is 0 Å². The first kappa shape index (κ1) is 13.5. The van der Waals surface area contributed by atoms with Crippen molar-refractivity contribution in [3.8, 4) is 0 Å². The van der Waals surface area contributed by atoms with E-state index in [-0.39, 0.29) is 5.82 Å². The highest BCUT2D eigenvalue weighted by Gasteiger charge is 2.15. The molecule has 4 heteroatoms. The Morgan fingerprint density at radius 2 is 2.06 bits per heavy atom. The molecular weight excluding hydrogens is 318 g/mol. The molecule has 2 nitrogen and oxygen atoms in total. The maximum atomic E-state index is 13.5. The SMILES string of the molecule is CCC(C)N(CC)c1cc(F)c(I)cc1N. The highest BCUT2D eigenvalue weighted by molar-refractivity contribution is 14.1. The van der Waals surface area contributed by atoms with Gasteiger partial charge in [-0.15, -0.1) is 0 Å². The van der Waals surface area contributed by atoms with Gasteiger partial charge >= 0.3 is 0 Å². The molecule has 1 aromatic carbocycles. The van der Waals surface area contributed by atoms with Crippen molar-refractivity contribution < 1.29 is 4.39 Å². The molecule has 90 valence electrons. The van der Waals surface area contributed by atoms with Crippen LogP contribution in [0.5, 0.6) is 0 Å². The fourth-order valence-electron chi connectivity index (χ4n) is 1.74. The van der Waals surface area contributed by atoms with Crippen LogP contribution in [0.15, 0.2) is 12.1 Å². The predicted molar refractivity (Wildman–Crippen MR) is 76.3 cm³/mol. The van der Waals surface area contributed by atoms with Gasteiger partial charge in [0.05, 0.1) is 14.9 Å². The van der Waals surface area contributed by atoms with Crippen LogP contribution in [-0.4, -0.2) is 12.6 Å². The van der Waals surface area contributed by atoms with E-state index in [0.717, 1.165) is 18.7 Å². The van der Waals surface area contributed by atoms with E-state index in [1.54, 1.807) is 6.07 Å². The lowest BCUT2D eigenvalue weighted by Crippen LogP contribution is -2.33. The van der Waals surface area contributed by atoms with Gasteiger partial charge in [-0.25, -0.2) is 4.39 Å². The van der Waals surface area contributed by atoms with Crippen molar-refractivity contribution in [2.75, 3.05) is 17.2 Å². The smallest absolute Gasteiger partial charge is 0.138 e. The largest absolute Gasteiger partial charge is 0.397 e. The molecule has 0 aliphatic carbocycles. The fraction of sp³-hybridized carbons (Fsp3) is 0.500. The monoisotopic (exact) mass is 336 g/mol. The highest BCUT2D eigenvalue weighted by Crippen LogP contribution is 2.29. The molecule has 0 amide bonds. The minimum Gasteiger partial charge on any atom is -0.397 e. The van der Waals surface area contributed by atoms with Crippen molar-refractivity contribution in [2.24, 2.45) is 0 Å². The molecule has 1 unspecified atom stereocenters. The summed E-state index contributed by atoms with van der Waals surface area (Å²) in [6.45, 7) is 7.13. The molecule has 0 bridgehead atoms. The first-order valence-electron chi connectivity index (χ1n) is 5.52. The minimum atomic E-state index is -0.202. The van der Waals surface area contributed by atoms with Gasteiger partial charge in [0.15, 0.2) is 0 Å². The summed E-state index contributed by atoms with van der Waals surface area (Å²) in [4.78, 5) is 2.13. The highest BCUT2D eigenvalue weighted by atomic mass is 127. The maximum Gasteiger partial charge on any atom is 0.138 e. The van der Waals surface area contributed by atoms with Gasteiger partial charge in [-0.3, -0.25) is 0 Å². The Kier molecular flexibility index (Phi) is 4.83. The Morgan fingerprint density at radius 1 is 1.44 bits per heavy atom. The molecule has 2 N–H and O–H groups in total. The molecule has 1 aromatic rings. The molecule has 0 heterocycles. The van der Waals surface area contributed by atoms with Gasteiger partial charge in [0.25, 0.3) is 0 Å². The van der Waals surface area contributed by atoms with Crippen LogP contribution in [0.3, 0.4) is 0 Å². The number of anilines is 2. The van der Waals surface area contributed by atoms with Crippen molar-refractivity contribution in [1.29, 1.82) is 0 Å². The summed E-state index contributed by atoms with van der Waals surface area (Å²) < 4.78 is 14.1. The zero-order valence-electron chi connectivity index (χ0n) is 9.93. The first-order valence-corrected chi connectivity index (χ1v) is 6.60. The van der Waals surface area contributed by atoms with Gasteiger partial charge in [-0.05, 0) is 48.9 Å². The number of nitrogens with two attached hydrogens (primary N) is 1. The van der Waals surface area contributed by atoms with Crippen LogP contribution in [-0.2, 0) is 0 Å². The summed E-state index contributed by atoms with van der Waals surface area (Å²) in [5.74, 6) is -0.202. The van der Waals surface area contributed by atoms with E-state index in [0.29, 0.717) is 15.3 Å². The van der Waals surface area contributed by atoms with Crippen LogP contribution in [0, 0.1) is 9.39 Å². The van der Waals surface area contributed by atoms with Gasteiger partial charge in [-0.1, -0.05) is 6.92 Å². The second-order valence-corrected chi connectivity index (χ2v) is 5.03. The van der Waals surface area contributed by atoms with Crippen LogP contribution in [0.1, 0.15) is 27.2 Å². The van der Waals surface area contributed by atoms with Gasteiger partial charge in [0.2, 0.25) is 0 Å². The summed E-state index contributed by atoms with van der Waals surface area (Å²) in [6.07, 6.45) is 1.01. The Labute approximate surface area is 110 Å². The predicted octanol–water partition coefficient (Wildman–Crippen LogP) is 3.64. The third-order valence-electron chi connectivity index (χ3n) is 2.84. The second-order valence-electron chi connectivity index (χ2n) is 3.87. The quantitative estimate of drug-likeness (QED) is 0.672. The average Bonchev–Trinajstić information content (AvgIpc) is 2.26. The summed E-state index contributed by atoms with van der Waals surface area (Å²) in [5.41, 5.74) is 7.39. The maximum absolute atomic E-state index is 13.5. The average molecular weight is 336 g/mol. The minimum absolute atomic E-state index is 0.202. The molecule has 0 saturated heterocycles. The van der Waals surface area contributed by atoms with Crippen molar-refractivity contribution in [3.63, 3.8) is 0 Å². The summed E-state index contributed by atoms with van der Waals surface area (Å²) in [5, 5.41) is 0. The normalized spacial score (nSPS) is 12.6. The molecule has 1 atom stereocenters. The van der Waals surface area contributed by atoms with Crippen molar-refractivity contribution in [3.05, 3.63) is 21.5 Å². The molecule has 0 radical (unpaired) electrons. The molecule has 1 rings (SSSR count). The van der Waals surface area contributed by atoms with Gasteiger partial charge in [-0.2, -0.15) is 0 Å². The van der Waals surface area contributed by atoms with Crippen LogP contribution >= 0.6 is 22.6 Å². The topological polar surface area (TPSA) is 29.3 Å². The van der Waals surface area contributed by atoms with E-state index in [2.05, 4.69) is 25.7 Å². The van der Waals surface area contributed by atoms with E-state index in [9.17, 15) is 4.39 Å². The Hall–Kier alpha value is -0.520. The van der Waals surface area contributed by atoms with Crippen LogP contribution in [0.2, 0.25) is 0 Å². The number of hydrogen-bond acceptors (Lipinski definition) is 2. The van der Waals surface area contributed by atoms with Gasteiger partial charge in [0.1, 0.15) is 5.82 Å². The Bertz CT molecular complexity index is 368. The molecular formula is C12H18FIN2. The van der Waals surface area contributed by atoms with E-state index in [1.165, 1.54) is 6.07 Å². The number of halogens is 2. The van der Waals surface area contributed by atoms with Crippen molar-refractivity contribution >= 4 is 34.0 Å². The van der Waals surface area contributed by atoms with Gasteiger partial charge in [0, 0.05) is 18.7 Å².